The maximum Gasteiger partial charge on any atom is 0.242 e. The molecule has 0 saturated carbocycles. The average molecular weight is 297 g/mol. The summed E-state index contributed by atoms with van der Waals surface area (Å²) in [5, 5.41) is 5.74. The number of hydrogen-bond acceptors (Lipinski definition) is 3. The van der Waals surface area contributed by atoms with Crippen molar-refractivity contribution in [1.29, 1.82) is 0 Å². The third kappa shape index (κ3) is 3.74. The van der Waals surface area contributed by atoms with Crippen LogP contribution in [0.2, 0.25) is 5.02 Å². The highest BCUT2D eigenvalue weighted by atomic mass is 35.5. The van der Waals surface area contributed by atoms with Gasteiger partial charge in [-0.3, -0.25) is 10.1 Å². The number of benzene rings is 1. The molecule has 0 bridgehead atoms. The van der Waals surface area contributed by atoms with Gasteiger partial charge in [0.2, 0.25) is 5.91 Å². The number of nitrogens with one attached hydrogen (secondary N) is 2. The van der Waals surface area contributed by atoms with Crippen molar-refractivity contribution in [2.75, 3.05) is 16.9 Å². The molecule has 2 N–H and O–H groups in total. The van der Waals surface area contributed by atoms with E-state index < -0.39 is 5.82 Å². The van der Waals surface area contributed by atoms with Gasteiger partial charge in [-0.15, -0.1) is 24.2 Å². The monoisotopic (exact) mass is 296 g/mol. The molecule has 0 radical (unpaired) electrons. The second kappa shape index (κ2) is 6.44. The highest BCUT2D eigenvalue weighted by molar-refractivity contribution is 7.99. The van der Waals surface area contributed by atoms with Crippen molar-refractivity contribution >= 4 is 47.4 Å². The molecule has 3 nitrogen and oxygen atoms in total. The lowest BCUT2D eigenvalue weighted by Gasteiger charge is -2.10. The summed E-state index contributed by atoms with van der Waals surface area (Å²) in [5.41, 5.74) is 0.509. The van der Waals surface area contributed by atoms with Crippen molar-refractivity contribution < 1.29 is 9.18 Å². The maximum atomic E-state index is 12.9. The van der Waals surface area contributed by atoms with Crippen molar-refractivity contribution in [1.82, 2.24) is 5.32 Å². The van der Waals surface area contributed by atoms with Gasteiger partial charge in [0.1, 0.15) is 5.82 Å². The van der Waals surface area contributed by atoms with Crippen LogP contribution in [-0.4, -0.2) is 23.6 Å². The second-order valence-electron chi connectivity index (χ2n) is 3.39. The second-order valence-corrected chi connectivity index (χ2v) is 4.83. The zero-order valence-electron chi connectivity index (χ0n) is 8.70. The summed E-state index contributed by atoms with van der Waals surface area (Å²) in [7, 11) is 0. The lowest BCUT2D eigenvalue weighted by Crippen LogP contribution is -2.37. The van der Waals surface area contributed by atoms with Crippen LogP contribution in [-0.2, 0) is 4.79 Å². The lowest BCUT2D eigenvalue weighted by atomic mass is 10.2. The summed E-state index contributed by atoms with van der Waals surface area (Å²) in [6.45, 7) is 0. The molecule has 1 amide bonds. The van der Waals surface area contributed by atoms with Crippen LogP contribution in [0.4, 0.5) is 10.1 Å². The van der Waals surface area contributed by atoms with Crippen LogP contribution in [0.5, 0.6) is 0 Å². The van der Waals surface area contributed by atoms with Gasteiger partial charge in [0.05, 0.1) is 11.1 Å². The topological polar surface area (TPSA) is 41.1 Å². The quantitative estimate of drug-likeness (QED) is 0.881. The summed E-state index contributed by atoms with van der Waals surface area (Å²) in [6, 6.07) is 3.93. The zero-order valence-corrected chi connectivity index (χ0v) is 11.1. The first-order valence-electron chi connectivity index (χ1n) is 4.74. The molecule has 0 aliphatic carbocycles. The molecule has 0 spiro atoms. The fourth-order valence-electron chi connectivity index (χ4n) is 1.37. The third-order valence-electron chi connectivity index (χ3n) is 2.22. The number of hydrogen-bond donors (Lipinski definition) is 2. The van der Waals surface area contributed by atoms with E-state index in [9.17, 15) is 9.18 Å². The van der Waals surface area contributed by atoms with Crippen LogP contribution < -0.4 is 10.6 Å². The van der Waals surface area contributed by atoms with Crippen molar-refractivity contribution in [2.45, 2.75) is 6.04 Å². The predicted octanol–water partition coefficient (Wildman–Crippen LogP) is 2.50. The summed E-state index contributed by atoms with van der Waals surface area (Å²) in [5.74, 6) is 0.921. The first-order chi connectivity index (χ1) is 7.66. The summed E-state index contributed by atoms with van der Waals surface area (Å²) < 4.78 is 12.9. The number of halogens is 3. The van der Waals surface area contributed by atoms with Crippen molar-refractivity contribution in [3.8, 4) is 0 Å². The van der Waals surface area contributed by atoms with Crippen LogP contribution in [0.15, 0.2) is 18.2 Å². The molecule has 1 saturated heterocycles. The minimum atomic E-state index is -0.491. The molecule has 1 atom stereocenters. The van der Waals surface area contributed by atoms with Crippen LogP contribution in [0, 0.1) is 5.82 Å². The molecule has 7 heteroatoms. The summed E-state index contributed by atoms with van der Waals surface area (Å²) in [4.78, 5) is 11.7. The van der Waals surface area contributed by atoms with Crippen molar-refractivity contribution in [3.63, 3.8) is 0 Å². The average Bonchev–Trinajstić information content (AvgIpc) is 2.77. The van der Waals surface area contributed by atoms with Crippen LogP contribution in [0.1, 0.15) is 0 Å². The highest BCUT2D eigenvalue weighted by Gasteiger charge is 2.22. The van der Waals surface area contributed by atoms with Gasteiger partial charge in [-0.25, -0.2) is 4.39 Å². The van der Waals surface area contributed by atoms with E-state index in [0.29, 0.717) is 5.69 Å². The molecule has 2 rings (SSSR count). The molecule has 94 valence electrons. The Morgan fingerprint density at radius 3 is 2.94 bits per heavy atom. The van der Waals surface area contributed by atoms with Gasteiger partial charge in [0.25, 0.3) is 0 Å². The first kappa shape index (κ1) is 14.6. The number of carbonyl (C=O) groups is 1. The van der Waals surface area contributed by atoms with E-state index in [1.165, 1.54) is 18.2 Å². The minimum absolute atomic E-state index is 0. The Balaban J connectivity index is 0.00000144. The van der Waals surface area contributed by atoms with Crippen molar-refractivity contribution in [2.24, 2.45) is 0 Å². The molecule has 1 heterocycles. The van der Waals surface area contributed by atoms with E-state index >= 15 is 0 Å². The fourth-order valence-corrected chi connectivity index (χ4v) is 2.49. The smallest absolute Gasteiger partial charge is 0.242 e. The van der Waals surface area contributed by atoms with E-state index in [1.807, 2.05) is 0 Å². The molecule has 1 unspecified atom stereocenters. The van der Waals surface area contributed by atoms with E-state index in [0.717, 1.165) is 11.6 Å². The van der Waals surface area contributed by atoms with Gasteiger partial charge in [-0.2, -0.15) is 0 Å². The standard InChI is InChI=1S/C10H10ClFN2OS.ClH/c11-7-3-6(1-2-8(7)12)14-10(15)9-4-16-5-13-9;/h1-3,9,13H,4-5H2,(H,14,15);1H. The molecule has 1 aliphatic rings. The largest absolute Gasteiger partial charge is 0.325 e. The summed E-state index contributed by atoms with van der Waals surface area (Å²) >= 11 is 7.28. The molecule has 17 heavy (non-hydrogen) atoms. The molecule has 0 aromatic heterocycles. The Kier molecular flexibility index (Phi) is 5.52. The Bertz CT molecular complexity index is 413. The number of rotatable bonds is 2. The van der Waals surface area contributed by atoms with Crippen LogP contribution >= 0.6 is 35.8 Å². The number of anilines is 1. The summed E-state index contributed by atoms with van der Waals surface area (Å²) in [6.07, 6.45) is 0. The van der Waals surface area contributed by atoms with Crippen LogP contribution in [0.3, 0.4) is 0 Å². The van der Waals surface area contributed by atoms with Gasteiger partial charge in [-0.05, 0) is 18.2 Å². The predicted molar refractivity (Wildman–Crippen MR) is 71.5 cm³/mol. The zero-order chi connectivity index (χ0) is 11.5. The Hall–Kier alpha value is -0.490. The maximum absolute atomic E-state index is 12.9. The molecule has 1 aromatic rings. The number of thioether (sulfide) groups is 1. The third-order valence-corrected chi connectivity index (χ3v) is 3.45. The van der Waals surface area contributed by atoms with Gasteiger partial charge in [0, 0.05) is 17.3 Å². The molecular formula is C10H11Cl2FN2OS. The lowest BCUT2D eigenvalue weighted by molar-refractivity contribution is -0.117. The highest BCUT2D eigenvalue weighted by Crippen LogP contribution is 2.20. The molecule has 1 aromatic carbocycles. The van der Waals surface area contributed by atoms with Gasteiger partial charge >= 0.3 is 0 Å². The van der Waals surface area contributed by atoms with Gasteiger partial charge in [-0.1, -0.05) is 11.6 Å². The Labute approximate surface area is 114 Å². The minimum Gasteiger partial charge on any atom is -0.325 e. The van der Waals surface area contributed by atoms with E-state index in [4.69, 9.17) is 11.6 Å². The molecular weight excluding hydrogens is 286 g/mol. The van der Waals surface area contributed by atoms with Crippen LogP contribution in [0.25, 0.3) is 0 Å². The normalized spacial score (nSPS) is 18.6. The van der Waals surface area contributed by atoms with Crippen molar-refractivity contribution in [3.05, 3.63) is 29.0 Å². The number of amides is 1. The molecule has 1 fully saturated rings. The molecule has 1 aliphatic heterocycles. The van der Waals surface area contributed by atoms with E-state index in [1.54, 1.807) is 11.8 Å². The Morgan fingerprint density at radius 2 is 2.35 bits per heavy atom. The SMILES string of the molecule is Cl.O=C(Nc1ccc(F)c(Cl)c1)C1CSCN1. The Morgan fingerprint density at radius 1 is 1.59 bits per heavy atom. The van der Waals surface area contributed by atoms with E-state index in [2.05, 4.69) is 10.6 Å². The van der Waals surface area contributed by atoms with Gasteiger partial charge < -0.3 is 5.32 Å². The number of carbonyl (C=O) groups excluding carboxylic acids is 1. The van der Waals surface area contributed by atoms with E-state index in [-0.39, 0.29) is 29.4 Å². The fraction of sp³-hybridized carbons (Fsp3) is 0.300. The van der Waals surface area contributed by atoms with Gasteiger partial charge in [0.15, 0.2) is 0 Å². The first-order valence-corrected chi connectivity index (χ1v) is 6.27.